The van der Waals surface area contributed by atoms with Gasteiger partial charge < -0.3 is 5.32 Å². The summed E-state index contributed by atoms with van der Waals surface area (Å²) < 4.78 is 1.81. The van der Waals surface area contributed by atoms with E-state index in [1.165, 1.54) is 12.8 Å². The number of rotatable bonds is 4. The summed E-state index contributed by atoms with van der Waals surface area (Å²) in [5.41, 5.74) is 3.50. The summed E-state index contributed by atoms with van der Waals surface area (Å²) >= 11 is 0. The molecule has 5 heterocycles. The maximum Gasteiger partial charge on any atom is 0.243 e. The second-order valence-corrected chi connectivity index (χ2v) is 7.34. The van der Waals surface area contributed by atoms with Crippen LogP contribution in [0.15, 0.2) is 43.0 Å². The van der Waals surface area contributed by atoms with Crippen molar-refractivity contribution < 1.29 is 0 Å². The zero-order chi connectivity index (χ0) is 18.5. The van der Waals surface area contributed by atoms with E-state index in [2.05, 4.69) is 40.7 Å². The summed E-state index contributed by atoms with van der Waals surface area (Å²) in [5.74, 6) is 0.579. The van der Waals surface area contributed by atoms with Gasteiger partial charge in [0.05, 0.1) is 29.8 Å². The summed E-state index contributed by atoms with van der Waals surface area (Å²) in [6.07, 6.45) is 11.3. The van der Waals surface area contributed by atoms with Crippen LogP contribution in [0.4, 0.5) is 5.95 Å². The van der Waals surface area contributed by atoms with Gasteiger partial charge in [0.15, 0.2) is 0 Å². The number of hydrogen-bond acceptors (Lipinski definition) is 7. The van der Waals surface area contributed by atoms with Gasteiger partial charge in [0.25, 0.3) is 0 Å². The minimum absolute atomic E-state index is 0.342. The topological polar surface area (TPSA) is 100 Å². The van der Waals surface area contributed by atoms with E-state index in [0.717, 1.165) is 46.9 Å². The fourth-order valence-electron chi connectivity index (χ4n) is 4.38. The minimum atomic E-state index is 0.342. The van der Waals surface area contributed by atoms with Crippen LogP contribution in [-0.4, -0.2) is 58.8 Å². The SMILES string of the molecule is c1cnn(-c2ccc(-c3cnc(NC4CC5CCCN54)nn3)c3cn[nH]c23)c1. The Kier molecular flexibility index (Phi) is 3.42. The van der Waals surface area contributed by atoms with E-state index in [9.17, 15) is 0 Å². The van der Waals surface area contributed by atoms with E-state index in [0.29, 0.717) is 12.1 Å². The molecule has 2 atom stereocenters. The van der Waals surface area contributed by atoms with Crippen LogP contribution in [0.2, 0.25) is 0 Å². The van der Waals surface area contributed by atoms with Gasteiger partial charge in [-0.1, -0.05) is 0 Å². The van der Waals surface area contributed by atoms with Crippen molar-refractivity contribution in [3.63, 3.8) is 0 Å². The first kappa shape index (κ1) is 15.7. The molecule has 0 spiro atoms. The third-order valence-corrected chi connectivity index (χ3v) is 5.80. The van der Waals surface area contributed by atoms with E-state index in [1.807, 2.05) is 29.1 Å². The second-order valence-electron chi connectivity index (χ2n) is 7.34. The van der Waals surface area contributed by atoms with Crippen LogP contribution in [0.1, 0.15) is 19.3 Å². The summed E-state index contributed by atoms with van der Waals surface area (Å²) in [7, 11) is 0. The lowest BCUT2D eigenvalue weighted by molar-refractivity contribution is 0.0734. The van der Waals surface area contributed by atoms with Gasteiger partial charge in [0, 0.05) is 35.9 Å². The van der Waals surface area contributed by atoms with Crippen LogP contribution in [0.3, 0.4) is 0 Å². The molecule has 2 fully saturated rings. The van der Waals surface area contributed by atoms with Crippen molar-refractivity contribution in [2.45, 2.75) is 31.5 Å². The highest BCUT2D eigenvalue weighted by molar-refractivity contribution is 5.97. The Bertz CT molecular complexity index is 1120. The van der Waals surface area contributed by atoms with Crippen LogP contribution in [0.5, 0.6) is 0 Å². The summed E-state index contributed by atoms with van der Waals surface area (Å²) in [4.78, 5) is 6.98. The third kappa shape index (κ3) is 2.40. The number of hydrogen-bond donors (Lipinski definition) is 2. The fourth-order valence-corrected chi connectivity index (χ4v) is 4.38. The molecule has 2 saturated heterocycles. The summed E-state index contributed by atoms with van der Waals surface area (Å²) in [6.45, 7) is 1.16. The maximum atomic E-state index is 4.50. The predicted molar refractivity (Wildman–Crippen MR) is 104 cm³/mol. The van der Waals surface area contributed by atoms with Crippen LogP contribution < -0.4 is 5.32 Å². The van der Waals surface area contributed by atoms with Gasteiger partial charge in [-0.05, 0) is 37.5 Å². The number of aromatic amines is 1. The Morgan fingerprint density at radius 1 is 1.18 bits per heavy atom. The first-order valence-corrected chi connectivity index (χ1v) is 9.55. The average Bonchev–Trinajstić information content (AvgIpc) is 3.46. The quantitative estimate of drug-likeness (QED) is 0.566. The number of nitrogens with zero attached hydrogens (tertiary/aromatic N) is 7. The highest BCUT2D eigenvalue weighted by atomic mass is 15.4. The number of fused-ring (bicyclic) bond motifs is 2. The van der Waals surface area contributed by atoms with Crippen molar-refractivity contribution >= 4 is 16.9 Å². The van der Waals surface area contributed by atoms with Gasteiger partial charge >= 0.3 is 0 Å². The zero-order valence-corrected chi connectivity index (χ0v) is 15.2. The molecule has 28 heavy (non-hydrogen) atoms. The number of benzene rings is 1. The fraction of sp³-hybridized carbons (Fsp3) is 0.316. The minimum Gasteiger partial charge on any atom is -0.337 e. The van der Waals surface area contributed by atoms with Crippen LogP contribution in [-0.2, 0) is 0 Å². The number of anilines is 1. The molecule has 1 aromatic carbocycles. The zero-order valence-electron chi connectivity index (χ0n) is 15.2. The van der Waals surface area contributed by atoms with Gasteiger partial charge in [-0.15, -0.1) is 10.2 Å². The largest absolute Gasteiger partial charge is 0.337 e. The first-order valence-electron chi connectivity index (χ1n) is 9.55. The molecule has 0 bridgehead atoms. The smallest absolute Gasteiger partial charge is 0.243 e. The lowest BCUT2D eigenvalue weighted by Gasteiger charge is -2.44. The van der Waals surface area contributed by atoms with Crippen LogP contribution in [0.25, 0.3) is 27.8 Å². The average molecular weight is 373 g/mol. The Morgan fingerprint density at radius 2 is 2.18 bits per heavy atom. The van der Waals surface area contributed by atoms with Gasteiger partial charge in [0.2, 0.25) is 5.95 Å². The molecule has 6 rings (SSSR count). The lowest BCUT2D eigenvalue weighted by atomic mass is 10.0. The number of nitrogens with one attached hydrogen (secondary N) is 2. The Hall–Kier alpha value is -3.33. The summed E-state index contributed by atoms with van der Waals surface area (Å²) in [6, 6.07) is 6.64. The van der Waals surface area contributed by atoms with Gasteiger partial charge in [-0.2, -0.15) is 10.2 Å². The lowest BCUT2D eigenvalue weighted by Crippen LogP contribution is -2.56. The van der Waals surface area contributed by atoms with Crippen LogP contribution in [0, 0.1) is 0 Å². The molecule has 0 radical (unpaired) electrons. The molecule has 0 aliphatic carbocycles. The van der Waals surface area contributed by atoms with Crippen LogP contribution >= 0.6 is 0 Å². The predicted octanol–water partition coefficient (Wildman–Crippen LogP) is 2.21. The molecule has 2 unspecified atom stereocenters. The number of H-pyrrole nitrogens is 1. The molecule has 9 heteroatoms. The second kappa shape index (κ2) is 6.10. The van der Waals surface area contributed by atoms with E-state index >= 15 is 0 Å². The Balaban J connectivity index is 1.29. The maximum absolute atomic E-state index is 4.50. The molecule has 4 aromatic rings. The molecule has 2 N–H and O–H groups in total. The van der Waals surface area contributed by atoms with E-state index in [-0.39, 0.29) is 0 Å². The third-order valence-electron chi connectivity index (χ3n) is 5.80. The Labute approximate surface area is 160 Å². The molecule has 140 valence electrons. The molecule has 2 aliphatic rings. The van der Waals surface area contributed by atoms with Crippen molar-refractivity contribution in [3.8, 4) is 16.9 Å². The molecular formula is C19H19N9. The first-order chi connectivity index (χ1) is 13.9. The summed E-state index contributed by atoms with van der Waals surface area (Å²) in [5, 5.41) is 24.7. The molecule has 2 aliphatic heterocycles. The highest BCUT2D eigenvalue weighted by Crippen LogP contribution is 2.34. The van der Waals surface area contributed by atoms with Crippen molar-refractivity contribution in [2.75, 3.05) is 11.9 Å². The molecule has 9 nitrogen and oxygen atoms in total. The van der Waals surface area contributed by atoms with Gasteiger partial charge in [-0.3, -0.25) is 10.00 Å². The molecule has 3 aromatic heterocycles. The molecule has 0 saturated carbocycles. The van der Waals surface area contributed by atoms with Gasteiger partial charge in [0.1, 0.15) is 5.69 Å². The Morgan fingerprint density at radius 3 is 3.00 bits per heavy atom. The van der Waals surface area contributed by atoms with E-state index in [4.69, 9.17) is 0 Å². The monoisotopic (exact) mass is 373 g/mol. The standard InChI is InChI=1S/C19H19N9/c1-3-12-9-17(27(12)7-1)23-19-20-11-15(24-26-19)13-4-5-16(28-8-2-6-22-28)18-14(13)10-21-25-18/h2,4-6,8,10-12,17H,1,3,7,9H2,(H,21,25)(H,20,23,26). The number of aromatic nitrogens is 7. The molecule has 0 amide bonds. The van der Waals surface area contributed by atoms with E-state index in [1.54, 1.807) is 18.6 Å². The van der Waals surface area contributed by atoms with Crippen molar-refractivity contribution in [2.24, 2.45) is 0 Å². The van der Waals surface area contributed by atoms with E-state index < -0.39 is 0 Å². The normalized spacial score (nSPS) is 21.6. The van der Waals surface area contributed by atoms with Crippen molar-refractivity contribution in [1.29, 1.82) is 0 Å². The van der Waals surface area contributed by atoms with Crippen molar-refractivity contribution in [1.82, 2.24) is 40.1 Å². The van der Waals surface area contributed by atoms with Crippen molar-refractivity contribution in [3.05, 3.63) is 43.0 Å². The molecular weight excluding hydrogens is 354 g/mol. The highest BCUT2D eigenvalue weighted by Gasteiger charge is 2.41. The van der Waals surface area contributed by atoms with Gasteiger partial charge in [-0.25, -0.2) is 9.67 Å².